The lowest BCUT2D eigenvalue weighted by Gasteiger charge is -2.38. The fourth-order valence-corrected chi connectivity index (χ4v) is 3.86. The standard InChI is InChI=1S/C22H25N3O2/c1-22(9-11-25(12-10-22)15-16-5-3-2-4-6-16)21(27)23-18-7-8-19-17(13-18)14-20(26)24-19/h2-8,13H,9-12,14-15H2,1H3,(H,23,27)(H,24,26). The number of nitrogens with zero attached hydrogens (tertiary/aromatic N) is 1. The molecule has 140 valence electrons. The van der Waals surface area contributed by atoms with Crippen molar-refractivity contribution in [2.24, 2.45) is 5.41 Å². The molecule has 0 unspecified atom stereocenters. The fourth-order valence-electron chi connectivity index (χ4n) is 3.86. The van der Waals surface area contributed by atoms with E-state index in [1.54, 1.807) is 0 Å². The van der Waals surface area contributed by atoms with E-state index in [0.717, 1.165) is 49.4 Å². The van der Waals surface area contributed by atoms with Crippen LogP contribution in [0, 0.1) is 5.41 Å². The van der Waals surface area contributed by atoms with Crippen LogP contribution in [0.25, 0.3) is 0 Å². The third-order valence-corrected chi connectivity index (χ3v) is 5.75. The number of rotatable bonds is 4. The van der Waals surface area contributed by atoms with Crippen molar-refractivity contribution in [1.82, 2.24) is 4.90 Å². The Kier molecular flexibility index (Phi) is 4.70. The molecule has 5 nitrogen and oxygen atoms in total. The molecule has 0 atom stereocenters. The zero-order chi connectivity index (χ0) is 18.9. The summed E-state index contributed by atoms with van der Waals surface area (Å²) in [4.78, 5) is 26.8. The van der Waals surface area contributed by atoms with E-state index in [1.165, 1.54) is 5.56 Å². The molecule has 2 aliphatic rings. The van der Waals surface area contributed by atoms with E-state index < -0.39 is 0 Å². The molecular weight excluding hydrogens is 338 g/mol. The second-order valence-corrected chi connectivity index (χ2v) is 7.87. The fraction of sp³-hybridized carbons (Fsp3) is 0.364. The summed E-state index contributed by atoms with van der Waals surface area (Å²) < 4.78 is 0. The lowest BCUT2D eigenvalue weighted by molar-refractivity contribution is -0.127. The number of hydrogen-bond acceptors (Lipinski definition) is 3. The minimum absolute atomic E-state index is 0.00577. The van der Waals surface area contributed by atoms with Gasteiger partial charge in [-0.25, -0.2) is 0 Å². The van der Waals surface area contributed by atoms with Gasteiger partial charge in [0.25, 0.3) is 0 Å². The van der Waals surface area contributed by atoms with Crippen molar-refractivity contribution in [1.29, 1.82) is 0 Å². The minimum atomic E-state index is -0.361. The van der Waals surface area contributed by atoms with Crippen LogP contribution in [0.2, 0.25) is 0 Å². The maximum absolute atomic E-state index is 12.9. The number of benzene rings is 2. The summed E-state index contributed by atoms with van der Waals surface area (Å²) in [5.41, 5.74) is 3.51. The summed E-state index contributed by atoms with van der Waals surface area (Å²) in [6, 6.07) is 16.1. The number of carbonyl (C=O) groups is 2. The Morgan fingerprint density at radius 2 is 1.89 bits per heavy atom. The van der Waals surface area contributed by atoms with Crippen LogP contribution in [0.1, 0.15) is 30.9 Å². The normalized spacial score (nSPS) is 18.6. The number of anilines is 2. The van der Waals surface area contributed by atoms with E-state index in [4.69, 9.17) is 0 Å². The summed E-state index contributed by atoms with van der Waals surface area (Å²) in [6.45, 7) is 4.83. The molecule has 0 saturated carbocycles. The number of hydrogen-bond donors (Lipinski definition) is 2. The van der Waals surface area contributed by atoms with E-state index in [0.29, 0.717) is 6.42 Å². The molecule has 0 bridgehead atoms. The predicted molar refractivity (Wildman–Crippen MR) is 106 cm³/mol. The highest BCUT2D eigenvalue weighted by Crippen LogP contribution is 2.34. The highest BCUT2D eigenvalue weighted by molar-refractivity contribution is 6.01. The molecule has 2 aromatic rings. The van der Waals surface area contributed by atoms with Crippen molar-refractivity contribution in [3.05, 3.63) is 59.7 Å². The topological polar surface area (TPSA) is 61.4 Å². The molecule has 2 aromatic carbocycles. The van der Waals surface area contributed by atoms with E-state index in [-0.39, 0.29) is 17.2 Å². The molecule has 0 aliphatic carbocycles. The summed E-state index contributed by atoms with van der Waals surface area (Å²) in [5, 5.41) is 5.88. The highest BCUT2D eigenvalue weighted by atomic mass is 16.2. The van der Waals surface area contributed by atoms with Gasteiger partial charge >= 0.3 is 0 Å². The molecule has 0 radical (unpaired) electrons. The van der Waals surface area contributed by atoms with Gasteiger partial charge < -0.3 is 10.6 Å². The van der Waals surface area contributed by atoms with Gasteiger partial charge in [-0.2, -0.15) is 0 Å². The molecule has 2 aliphatic heterocycles. The zero-order valence-electron chi connectivity index (χ0n) is 15.6. The van der Waals surface area contributed by atoms with Gasteiger partial charge in [-0.05, 0) is 55.3 Å². The van der Waals surface area contributed by atoms with E-state index in [9.17, 15) is 9.59 Å². The Morgan fingerprint density at radius 1 is 1.15 bits per heavy atom. The third-order valence-electron chi connectivity index (χ3n) is 5.75. The third kappa shape index (κ3) is 3.88. The molecule has 27 heavy (non-hydrogen) atoms. The SMILES string of the molecule is CC1(C(=O)Nc2ccc3c(c2)CC(=O)N3)CCN(Cc2ccccc2)CC1. The molecular formula is C22H25N3O2. The van der Waals surface area contributed by atoms with E-state index in [1.807, 2.05) is 24.3 Å². The minimum Gasteiger partial charge on any atom is -0.326 e. The van der Waals surface area contributed by atoms with Crippen molar-refractivity contribution in [3.8, 4) is 0 Å². The molecule has 0 spiro atoms. The smallest absolute Gasteiger partial charge is 0.230 e. The Labute approximate surface area is 159 Å². The lowest BCUT2D eigenvalue weighted by Crippen LogP contribution is -2.44. The molecule has 1 saturated heterocycles. The summed E-state index contributed by atoms with van der Waals surface area (Å²) >= 11 is 0. The van der Waals surface area contributed by atoms with Crippen LogP contribution < -0.4 is 10.6 Å². The lowest BCUT2D eigenvalue weighted by atomic mass is 9.79. The quantitative estimate of drug-likeness (QED) is 0.875. The number of nitrogens with one attached hydrogen (secondary N) is 2. The average molecular weight is 363 g/mol. The first-order chi connectivity index (χ1) is 13.0. The Bertz CT molecular complexity index is 855. The van der Waals surface area contributed by atoms with E-state index in [2.05, 4.69) is 46.7 Å². The van der Waals surface area contributed by atoms with Crippen LogP contribution in [0.4, 0.5) is 11.4 Å². The number of amides is 2. The van der Waals surface area contributed by atoms with Crippen LogP contribution in [0.3, 0.4) is 0 Å². The Morgan fingerprint density at radius 3 is 2.63 bits per heavy atom. The Balaban J connectivity index is 1.35. The van der Waals surface area contributed by atoms with Crippen molar-refractivity contribution in [3.63, 3.8) is 0 Å². The van der Waals surface area contributed by atoms with Gasteiger partial charge in [-0.1, -0.05) is 37.3 Å². The molecule has 2 heterocycles. The number of piperidine rings is 1. The number of likely N-dealkylation sites (tertiary alicyclic amines) is 1. The number of carbonyl (C=O) groups excluding carboxylic acids is 2. The van der Waals surface area contributed by atoms with Crippen LogP contribution in [0.5, 0.6) is 0 Å². The first kappa shape index (κ1) is 17.7. The molecule has 5 heteroatoms. The van der Waals surface area contributed by atoms with Gasteiger partial charge in [0.05, 0.1) is 6.42 Å². The van der Waals surface area contributed by atoms with Crippen LogP contribution in [0.15, 0.2) is 48.5 Å². The average Bonchev–Trinajstić information content (AvgIpc) is 3.04. The first-order valence-corrected chi connectivity index (χ1v) is 9.52. The van der Waals surface area contributed by atoms with Crippen LogP contribution >= 0.6 is 0 Å². The molecule has 1 fully saturated rings. The van der Waals surface area contributed by atoms with Crippen LogP contribution in [-0.4, -0.2) is 29.8 Å². The Hall–Kier alpha value is -2.66. The maximum atomic E-state index is 12.9. The number of fused-ring (bicyclic) bond motifs is 1. The highest BCUT2D eigenvalue weighted by Gasteiger charge is 2.37. The van der Waals surface area contributed by atoms with Gasteiger partial charge in [-0.15, -0.1) is 0 Å². The zero-order valence-corrected chi connectivity index (χ0v) is 15.6. The van der Waals surface area contributed by atoms with Crippen molar-refractivity contribution in [2.45, 2.75) is 32.7 Å². The van der Waals surface area contributed by atoms with Gasteiger partial charge in [0.2, 0.25) is 11.8 Å². The maximum Gasteiger partial charge on any atom is 0.230 e. The van der Waals surface area contributed by atoms with Gasteiger partial charge in [0.1, 0.15) is 0 Å². The van der Waals surface area contributed by atoms with Crippen LogP contribution in [-0.2, 0) is 22.6 Å². The van der Waals surface area contributed by atoms with Gasteiger partial charge in [0, 0.05) is 23.3 Å². The predicted octanol–water partition coefficient (Wildman–Crippen LogP) is 3.42. The second kappa shape index (κ2) is 7.16. The van der Waals surface area contributed by atoms with Crippen molar-refractivity contribution >= 4 is 23.2 Å². The largest absolute Gasteiger partial charge is 0.326 e. The molecule has 4 rings (SSSR count). The molecule has 0 aromatic heterocycles. The van der Waals surface area contributed by atoms with Gasteiger partial charge in [0.15, 0.2) is 0 Å². The van der Waals surface area contributed by atoms with Gasteiger partial charge in [-0.3, -0.25) is 14.5 Å². The van der Waals surface area contributed by atoms with E-state index >= 15 is 0 Å². The van der Waals surface area contributed by atoms with Crippen molar-refractivity contribution in [2.75, 3.05) is 23.7 Å². The monoisotopic (exact) mass is 363 g/mol. The first-order valence-electron chi connectivity index (χ1n) is 9.52. The molecule has 2 N–H and O–H groups in total. The summed E-state index contributed by atoms with van der Waals surface area (Å²) in [5.74, 6) is 0.0744. The van der Waals surface area contributed by atoms with Crippen molar-refractivity contribution < 1.29 is 9.59 Å². The summed E-state index contributed by atoms with van der Waals surface area (Å²) in [6.07, 6.45) is 2.07. The second-order valence-electron chi connectivity index (χ2n) is 7.87. The molecule has 2 amide bonds. The summed E-state index contributed by atoms with van der Waals surface area (Å²) in [7, 11) is 0.